The van der Waals surface area contributed by atoms with Gasteiger partial charge >= 0.3 is 0 Å². The van der Waals surface area contributed by atoms with E-state index in [4.69, 9.17) is 5.73 Å². The van der Waals surface area contributed by atoms with Gasteiger partial charge in [-0.05, 0) is 26.8 Å². The van der Waals surface area contributed by atoms with Gasteiger partial charge in [-0.25, -0.2) is 0 Å². The Morgan fingerprint density at radius 1 is 1.47 bits per heavy atom. The predicted octanol–water partition coefficient (Wildman–Crippen LogP) is 1.24. The molecule has 2 aliphatic heterocycles. The highest BCUT2D eigenvalue weighted by Crippen LogP contribution is 2.34. The first-order valence-electron chi connectivity index (χ1n) is 6.88. The molecule has 3 nitrogen and oxygen atoms in total. The Hall–Kier alpha value is 0.230. The van der Waals surface area contributed by atoms with Crippen molar-refractivity contribution in [3.8, 4) is 0 Å². The van der Waals surface area contributed by atoms with Crippen LogP contribution in [0.3, 0.4) is 0 Å². The molecule has 2 N–H and O–H groups in total. The topological polar surface area (TPSA) is 32.5 Å². The van der Waals surface area contributed by atoms with Crippen LogP contribution in [0, 0.1) is 0 Å². The van der Waals surface area contributed by atoms with Crippen LogP contribution in [0.4, 0.5) is 0 Å². The van der Waals surface area contributed by atoms with Crippen molar-refractivity contribution in [3.63, 3.8) is 0 Å². The number of thioether (sulfide) groups is 1. The Kier molecular flexibility index (Phi) is 4.40. The number of rotatable bonds is 3. The van der Waals surface area contributed by atoms with Gasteiger partial charge in [0.15, 0.2) is 0 Å². The van der Waals surface area contributed by atoms with E-state index >= 15 is 0 Å². The highest BCUT2D eigenvalue weighted by molar-refractivity contribution is 8.00. The highest BCUT2D eigenvalue weighted by atomic mass is 32.2. The summed E-state index contributed by atoms with van der Waals surface area (Å²) in [5.41, 5.74) is 6.39. The monoisotopic (exact) mass is 257 g/mol. The van der Waals surface area contributed by atoms with Crippen LogP contribution in [0.2, 0.25) is 0 Å². The Balaban J connectivity index is 2.07. The Bertz CT molecular complexity index is 249. The third-order valence-corrected chi connectivity index (χ3v) is 5.99. The SMILES string of the molecule is CCC1CN(C2(CN)CC(C)N(C)C2)CCS1. The van der Waals surface area contributed by atoms with Crippen LogP contribution in [-0.2, 0) is 0 Å². The van der Waals surface area contributed by atoms with E-state index in [0.29, 0.717) is 6.04 Å². The van der Waals surface area contributed by atoms with Crippen LogP contribution in [0.25, 0.3) is 0 Å². The predicted molar refractivity (Wildman–Crippen MR) is 76.6 cm³/mol. The molecule has 3 atom stereocenters. The Morgan fingerprint density at radius 3 is 2.76 bits per heavy atom. The Morgan fingerprint density at radius 2 is 2.24 bits per heavy atom. The minimum Gasteiger partial charge on any atom is -0.329 e. The van der Waals surface area contributed by atoms with E-state index < -0.39 is 0 Å². The van der Waals surface area contributed by atoms with Crippen molar-refractivity contribution in [3.05, 3.63) is 0 Å². The Labute approximate surface area is 110 Å². The third-order valence-electron chi connectivity index (χ3n) is 4.62. The summed E-state index contributed by atoms with van der Waals surface area (Å²) in [6.45, 7) is 9.04. The molecule has 0 aliphatic carbocycles. The first kappa shape index (κ1) is 13.7. The number of hydrogen-bond donors (Lipinski definition) is 1. The van der Waals surface area contributed by atoms with Crippen molar-refractivity contribution >= 4 is 11.8 Å². The van der Waals surface area contributed by atoms with Crippen LogP contribution in [-0.4, -0.2) is 65.6 Å². The van der Waals surface area contributed by atoms with Gasteiger partial charge in [0.25, 0.3) is 0 Å². The van der Waals surface area contributed by atoms with Gasteiger partial charge in [0.1, 0.15) is 0 Å². The number of likely N-dealkylation sites (N-methyl/N-ethyl adjacent to an activating group) is 1. The minimum atomic E-state index is 0.253. The second-order valence-electron chi connectivity index (χ2n) is 5.74. The van der Waals surface area contributed by atoms with E-state index in [9.17, 15) is 0 Å². The molecule has 0 spiro atoms. The molecule has 0 amide bonds. The second kappa shape index (κ2) is 5.47. The number of nitrogens with zero attached hydrogens (tertiary/aromatic N) is 2. The number of hydrogen-bond acceptors (Lipinski definition) is 4. The molecule has 0 bridgehead atoms. The molecule has 100 valence electrons. The van der Waals surface area contributed by atoms with E-state index in [-0.39, 0.29) is 5.54 Å². The zero-order valence-electron chi connectivity index (χ0n) is 11.5. The molecule has 0 saturated carbocycles. The highest BCUT2D eigenvalue weighted by Gasteiger charge is 2.45. The summed E-state index contributed by atoms with van der Waals surface area (Å²) in [6.07, 6.45) is 2.52. The maximum Gasteiger partial charge on any atom is 0.0473 e. The lowest BCUT2D eigenvalue weighted by atomic mass is 9.93. The molecule has 2 rings (SSSR count). The molecule has 3 unspecified atom stereocenters. The molecular formula is C13H27N3S. The van der Waals surface area contributed by atoms with Gasteiger partial charge in [0.05, 0.1) is 0 Å². The lowest BCUT2D eigenvalue weighted by molar-refractivity contribution is 0.105. The summed E-state index contributed by atoms with van der Waals surface area (Å²) in [6, 6.07) is 0.674. The molecule has 17 heavy (non-hydrogen) atoms. The zero-order valence-corrected chi connectivity index (χ0v) is 12.3. The molecule has 4 heteroatoms. The standard InChI is InChI=1S/C13H27N3S/c1-4-12-8-16(5-6-17-12)13(9-14)7-11(2)15(3)10-13/h11-12H,4-10,14H2,1-3H3. The summed E-state index contributed by atoms with van der Waals surface area (Å²) >= 11 is 2.14. The van der Waals surface area contributed by atoms with Gasteiger partial charge in [0.2, 0.25) is 0 Å². The largest absolute Gasteiger partial charge is 0.329 e. The van der Waals surface area contributed by atoms with Crippen molar-refractivity contribution in [2.24, 2.45) is 5.73 Å². The van der Waals surface area contributed by atoms with Crippen LogP contribution in [0.5, 0.6) is 0 Å². The van der Waals surface area contributed by atoms with Crippen LogP contribution in [0.1, 0.15) is 26.7 Å². The molecule has 2 saturated heterocycles. The van der Waals surface area contributed by atoms with Crippen molar-refractivity contribution in [1.29, 1.82) is 0 Å². The van der Waals surface area contributed by atoms with Gasteiger partial charge in [-0.3, -0.25) is 4.90 Å². The van der Waals surface area contributed by atoms with E-state index in [1.165, 1.54) is 31.7 Å². The molecule has 0 aromatic heterocycles. The van der Waals surface area contributed by atoms with Crippen molar-refractivity contribution in [2.75, 3.05) is 39.0 Å². The van der Waals surface area contributed by atoms with Gasteiger partial charge in [0, 0.05) is 48.8 Å². The second-order valence-corrected chi connectivity index (χ2v) is 7.15. The summed E-state index contributed by atoms with van der Waals surface area (Å²) < 4.78 is 0. The lowest BCUT2D eigenvalue weighted by Crippen LogP contribution is -2.59. The number of likely N-dealkylation sites (tertiary alicyclic amines) is 1. The zero-order chi connectivity index (χ0) is 12.5. The van der Waals surface area contributed by atoms with Crippen LogP contribution >= 0.6 is 11.8 Å². The van der Waals surface area contributed by atoms with E-state index in [0.717, 1.165) is 18.3 Å². The molecule has 2 aliphatic rings. The van der Waals surface area contributed by atoms with Crippen LogP contribution < -0.4 is 5.73 Å². The third kappa shape index (κ3) is 2.65. The molecule has 2 heterocycles. The fraction of sp³-hybridized carbons (Fsp3) is 1.00. The van der Waals surface area contributed by atoms with Crippen molar-refractivity contribution < 1.29 is 0 Å². The summed E-state index contributed by atoms with van der Waals surface area (Å²) in [5, 5.41) is 0.813. The first-order chi connectivity index (χ1) is 8.11. The average molecular weight is 257 g/mol. The minimum absolute atomic E-state index is 0.253. The van der Waals surface area contributed by atoms with Gasteiger partial charge in [-0.2, -0.15) is 11.8 Å². The summed E-state index contributed by atoms with van der Waals surface area (Å²) in [4.78, 5) is 5.16. The molecular weight excluding hydrogens is 230 g/mol. The fourth-order valence-electron chi connectivity index (χ4n) is 3.29. The van der Waals surface area contributed by atoms with Crippen molar-refractivity contribution in [2.45, 2.75) is 43.5 Å². The normalized spacial score (nSPS) is 40.9. The van der Waals surface area contributed by atoms with E-state index in [2.05, 4.69) is 42.5 Å². The average Bonchev–Trinajstić information content (AvgIpc) is 2.66. The van der Waals surface area contributed by atoms with E-state index in [1.54, 1.807) is 0 Å². The maximum absolute atomic E-state index is 6.14. The lowest BCUT2D eigenvalue weighted by Gasteiger charge is -2.44. The first-order valence-corrected chi connectivity index (χ1v) is 7.93. The molecule has 0 aromatic rings. The quantitative estimate of drug-likeness (QED) is 0.824. The molecule has 0 radical (unpaired) electrons. The van der Waals surface area contributed by atoms with E-state index in [1.807, 2.05) is 0 Å². The summed E-state index contributed by atoms with van der Waals surface area (Å²) in [7, 11) is 2.23. The molecule has 0 aromatic carbocycles. The van der Waals surface area contributed by atoms with Gasteiger partial charge < -0.3 is 10.6 Å². The van der Waals surface area contributed by atoms with Gasteiger partial charge in [-0.1, -0.05) is 6.92 Å². The number of nitrogens with two attached hydrogens (primary N) is 1. The molecule has 2 fully saturated rings. The fourth-order valence-corrected chi connectivity index (χ4v) is 4.47. The van der Waals surface area contributed by atoms with Crippen molar-refractivity contribution in [1.82, 2.24) is 9.80 Å². The summed E-state index contributed by atoms with van der Waals surface area (Å²) in [5.74, 6) is 1.28. The van der Waals surface area contributed by atoms with Crippen LogP contribution in [0.15, 0.2) is 0 Å². The van der Waals surface area contributed by atoms with Gasteiger partial charge in [-0.15, -0.1) is 0 Å². The smallest absolute Gasteiger partial charge is 0.0473 e. The maximum atomic E-state index is 6.14.